The molecule has 1 unspecified atom stereocenters. The van der Waals surface area contributed by atoms with Crippen LogP contribution in [0.1, 0.15) is 70.6 Å². The molecule has 1 heterocycles. The van der Waals surface area contributed by atoms with Gasteiger partial charge < -0.3 is 0 Å². The smallest absolute Gasteiger partial charge is 0.0462 e. The minimum absolute atomic E-state index is 0.265. The van der Waals surface area contributed by atoms with Gasteiger partial charge in [-0.15, -0.1) is 0 Å². The molecule has 0 amide bonds. The average Bonchev–Trinajstić information content (AvgIpc) is 2.35. The first-order valence-electron chi connectivity index (χ1n) is 7.05. The fourth-order valence-electron chi connectivity index (χ4n) is 2.25. The standard InChI is InChI=1S/C16H27N/c1-5-7-8-9-12-16(4,6-2)15-11-10-14(3)13-17-15/h10-11,13H,5-9,12H2,1-4H3. The molecule has 0 aliphatic rings. The normalized spacial score (nSPS) is 14.6. The SMILES string of the molecule is CCCCCCC(C)(CC)c1ccc(C)cn1. The zero-order chi connectivity index (χ0) is 12.7. The van der Waals surface area contributed by atoms with Gasteiger partial charge in [-0.25, -0.2) is 0 Å². The van der Waals surface area contributed by atoms with Gasteiger partial charge >= 0.3 is 0 Å². The highest BCUT2D eigenvalue weighted by Gasteiger charge is 2.25. The van der Waals surface area contributed by atoms with Crippen molar-refractivity contribution < 1.29 is 0 Å². The molecular formula is C16H27N. The van der Waals surface area contributed by atoms with Crippen molar-refractivity contribution in [3.05, 3.63) is 29.6 Å². The lowest BCUT2D eigenvalue weighted by Crippen LogP contribution is -2.22. The van der Waals surface area contributed by atoms with Gasteiger partial charge in [0.1, 0.15) is 0 Å². The molecule has 0 spiro atoms. The number of aryl methyl sites for hydroxylation is 1. The molecule has 17 heavy (non-hydrogen) atoms. The van der Waals surface area contributed by atoms with Crippen molar-refractivity contribution in [1.29, 1.82) is 0 Å². The lowest BCUT2D eigenvalue weighted by Gasteiger charge is -2.28. The van der Waals surface area contributed by atoms with Crippen LogP contribution in [0.25, 0.3) is 0 Å². The van der Waals surface area contributed by atoms with Crippen molar-refractivity contribution in [3.63, 3.8) is 0 Å². The number of pyridine rings is 1. The van der Waals surface area contributed by atoms with Crippen LogP contribution in [-0.4, -0.2) is 4.98 Å². The Hall–Kier alpha value is -0.850. The molecule has 1 atom stereocenters. The van der Waals surface area contributed by atoms with Crippen LogP contribution < -0.4 is 0 Å². The van der Waals surface area contributed by atoms with E-state index < -0.39 is 0 Å². The van der Waals surface area contributed by atoms with Crippen molar-refractivity contribution in [1.82, 2.24) is 4.98 Å². The predicted octanol–water partition coefficient (Wildman–Crippen LogP) is 5.03. The molecule has 0 aliphatic carbocycles. The Morgan fingerprint density at radius 2 is 1.88 bits per heavy atom. The molecule has 1 heteroatoms. The topological polar surface area (TPSA) is 12.9 Å². The Kier molecular flexibility index (Phi) is 5.67. The average molecular weight is 233 g/mol. The van der Waals surface area contributed by atoms with E-state index in [0.717, 1.165) is 0 Å². The third-order valence-corrected chi connectivity index (χ3v) is 3.89. The van der Waals surface area contributed by atoms with Gasteiger partial charge in [-0.1, -0.05) is 52.5 Å². The Bertz CT molecular complexity index is 315. The van der Waals surface area contributed by atoms with E-state index in [-0.39, 0.29) is 5.41 Å². The third kappa shape index (κ3) is 4.14. The number of aromatic nitrogens is 1. The van der Waals surface area contributed by atoms with E-state index >= 15 is 0 Å². The summed E-state index contributed by atoms with van der Waals surface area (Å²) >= 11 is 0. The Morgan fingerprint density at radius 1 is 1.12 bits per heavy atom. The van der Waals surface area contributed by atoms with Crippen LogP contribution in [0, 0.1) is 6.92 Å². The van der Waals surface area contributed by atoms with E-state index in [2.05, 4.69) is 44.8 Å². The summed E-state index contributed by atoms with van der Waals surface area (Å²) in [6.07, 6.45) is 9.79. The number of rotatable bonds is 7. The second-order valence-corrected chi connectivity index (χ2v) is 5.45. The Balaban J connectivity index is 2.63. The second-order valence-electron chi connectivity index (χ2n) is 5.45. The minimum Gasteiger partial charge on any atom is -0.260 e. The highest BCUT2D eigenvalue weighted by Crippen LogP contribution is 2.31. The van der Waals surface area contributed by atoms with Crippen molar-refractivity contribution >= 4 is 0 Å². The van der Waals surface area contributed by atoms with Crippen LogP contribution in [0.4, 0.5) is 0 Å². The molecule has 1 nitrogen and oxygen atoms in total. The van der Waals surface area contributed by atoms with Gasteiger partial charge in [0, 0.05) is 17.3 Å². The van der Waals surface area contributed by atoms with E-state index in [9.17, 15) is 0 Å². The molecule has 0 aromatic carbocycles. The number of unbranched alkanes of at least 4 members (excludes halogenated alkanes) is 3. The maximum atomic E-state index is 4.62. The molecule has 0 N–H and O–H groups in total. The lowest BCUT2D eigenvalue weighted by atomic mass is 9.78. The van der Waals surface area contributed by atoms with Gasteiger partial charge in [0.15, 0.2) is 0 Å². The van der Waals surface area contributed by atoms with Crippen LogP contribution in [0.3, 0.4) is 0 Å². The summed E-state index contributed by atoms with van der Waals surface area (Å²) in [7, 11) is 0. The molecule has 0 bridgehead atoms. The Labute approximate surface area is 107 Å². The van der Waals surface area contributed by atoms with E-state index in [1.165, 1.54) is 49.8 Å². The zero-order valence-electron chi connectivity index (χ0n) is 11.9. The van der Waals surface area contributed by atoms with Gasteiger partial charge in [0.05, 0.1) is 0 Å². The first-order valence-corrected chi connectivity index (χ1v) is 7.05. The maximum Gasteiger partial charge on any atom is 0.0462 e. The molecule has 0 fully saturated rings. The summed E-state index contributed by atoms with van der Waals surface area (Å²) in [6, 6.07) is 4.39. The molecule has 1 rings (SSSR count). The fraction of sp³-hybridized carbons (Fsp3) is 0.688. The number of nitrogens with zero attached hydrogens (tertiary/aromatic N) is 1. The fourth-order valence-corrected chi connectivity index (χ4v) is 2.25. The number of hydrogen-bond acceptors (Lipinski definition) is 1. The van der Waals surface area contributed by atoms with Crippen molar-refractivity contribution in [2.24, 2.45) is 0 Å². The van der Waals surface area contributed by atoms with Gasteiger partial charge in [-0.3, -0.25) is 4.98 Å². The van der Waals surface area contributed by atoms with Crippen LogP contribution in [-0.2, 0) is 5.41 Å². The highest BCUT2D eigenvalue weighted by molar-refractivity contribution is 5.19. The van der Waals surface area contributed by atoms with E-state index in [1.54, 1.807) is 0 Å². The van der Waals surface area contributed by atoms with Gasteiger partial charge in [0.2, 0.25) is 0 Å². The van der Waals surface area contributed by atoms with E-state index in [0.29, 0.717) is 0 Å². The quantitative estimate of drug-likeness (QED) is 0.602. The summed E-state index contributed by atoms with van der Waals surface area (Å²) in [5.41, 5.74) is 2.78. The molecule has 96 valence electrons. The molecule has 0 saturated carbocycles. The Morgan fingerprint density at radius 3 is 2.41 bits per heavy atom. The van der Waals surface area contributed by atoms with Crippen LogP contribution in [0.15, 0.2) is 18.3 Å². The monoisotopic (exact) mass is 233 g/mol. The first-order chi connectivity index (χ1) is 8.12. The van der Waals surface area contributed by atoms with Crippen LogP contribution in [0.2, 0.25) is 0 Å². The molecule has 1 aromatic heterocycles. The van der Waals surface area contributed by atoms with Crippen LogP contribution in [0.5, 0.6) is 0 Å². The van der Waals surface area contributed by atoms with E-state index in [1.807, 2.05) is 6.20 Å². The zero-order valence-corrected chi connectivity index (χ0v) is 11.9. The van der Waals surface area contributed by atoms with Gasteiger partial charge in [0.25, 0.3) is 0 Å². The van der Waals surface area contributed by atoms with E-state index in [4.69, 9.17) is 0 Å². The molecule has 0 radical (unpaired) electrons. The van der Waals surface area contributed by atoms with Crippen LogP contribution >= 0.6 is 0 Å². The summed E-state index contributed by atoms with van der Waals surface area (Å²) in [6.45, 7) is 9.00. The van der Waals surface area contributed by atoms with Crippen molar-refractivity contribution in [2.45, 2.75) is 71.6 Å². The van der Waals surface area contributed by atoms with Gasteiger partial charge in [-0.05, 0) is 31.4 Å². The molecule has 1 aromatic rings. The third-order valence-electron chi connectivity index (χ3n) is 3.89. The minimum atomic E-state index is 0.265. The predicted molar refractivity (Wildman–Crippen MR) is 75.4 cm³/mol. The molecule has 0 saturated heterocycles. The van der Waals surface area contributed by atoms with Crippen molar-refractivity contribution in [3.8, 4) is 0 Å². The number of hydrogen-bond donors (Lipinski definition) is 0. The van der Waals surface area contributed by atoms with Gasteiger partial charge in [-0.2, -0.15) is 0 Å². The molecular weight excluding hydrogens is 206 g/mol. The summed E-state index contributed by atoms with van der Waals surface area (Å²) in [5.74, 6) is 0. The molecule has 0 aliphatic heterocycles. The summed E-state index contributed by atoms with van der Waals surface area (Å²) in [4.78, 5) is 4.62. The lowest BCUT2D eigenvalue weighted by molar-refractivity contribution is 0.386. The summed E-state index contributed by atoms with van der Waals surface area (Å²) < 4.78 is 0. The largest absolute Gasteiger partial charge is 0.260 e. The second kappa shape index (κ2) is 6.78. The first kappa shape index (κ1) is 14.2. The highest BCUT2D eigenvalue weighted by atomic mass is 14.7. The maximum absolute atomic E-state index is 4.62. The summed E-state index contributed by atoms with van der Waals surface area (Å²) in [5, 5.41) is 0. The van der Waals surface area contributed by atoms with Crippen molar-refractivity contribution in [2.75, 3.05) is 0 Å².